The Kier molecular flexibility index (Phi) is 5.22. The molecule has 0 radical (unpaired) electrons. The second kappa shape index (κ2) is 8.34. The molecular weight excluding hydrogens is 444 g/mol. The minimum absolute atomic E-state index is 0.0390. The number of aromatic nitrogens is 2. The molecule has 182 valence electrons. The van der Waals surface area contributed by atoms with E-state index in [2.05, 4.69) is 124 Å². The first-order chi connectivity index (χ1) is 17.4. The second-order valence-corrected chi connectivity index (χ2v) is 10.2. The van der Waals surface area contributed by atoms with Crippen molar-refractivity contribution in [1.82, 2.24) is 9.13 Å². The number of aryl methyl sites for hydroxylation is 2. The molecule has 2 heterocycles. The van der Waals surface area contributed by atoms with Crippen LogP contribution in [0.3, 0.4) is 0 Å². The lowest BCUT2D eigenvalue weighted by Crippen LogP contribution is -2.09. The largest absolute Gasteiger partial charge is 0.490 e. The molecule has 0 aliphatic heterocycles. The van der Waals surface area contributed by atoms with Crippen LogP contribution in [0.4, 0.5) is 0 Å². The van der Waals surface area contributed by atoms with Crippen molar-refractivity contribution in [1.29, 1.82) is 0 Å². The highest BCUT2D eigenvalue weighted by atomic mass is 16.5. The van der Waals surface area contributed by atoms with E-state index >= 15 is 0 Å². The lowest BCUT2D eigenvalue weighted by Gasteiger charge is -2.21. The first-order valence-electron chi connectivity index (χ1n) is 12.7. The predicted octanol–water partition coefficient (Wildman–Crippen LogP) is 8.22. The van der Waals surface area contributed by atoms with Gasteiger partial charge in [0.05, 0.1) is 23.3 Å². The molecule has 0 spiro atoms. The number of fused-ring (bicyclic) bond motifs is 6. The Morgan fingerprint density at radius 1 is 0.528 bits per heavy atom. The maximum atomic E-state index is 6.51. The van der Waals surface area contributed by atoms with E-state index in [0.717, 1.165) is 28.1 Å². The van der Waals surface area contributed by atoms with Gasteiger partial charge in [-0.1, -0.05) is 36.4 Å². The van der Waals surface area contributed by atoms with Crippen molar-refractivity contribution in [3.05, 3.63) is 72.8 Å². The molecule has 4 aromatic carbocycles. The Hall–Kier alpha value is -3.92. The molecule has 0 aliphatic rings. The van der Waals surface area contributed by atoms with E-state index in [-0.39, 0.29) is 12.2 Å². The van der Waals surface area contributed by atoms with Crippen molar-refractivity contribution in [2.75, 3.05) is 0 Å². The number of para-hydroxylation sites is 2. The SMILES string of the molecule is CC(C)Oc1ccc2c(c1-c1c(OC(C)C)ccc3c4ccccc4n(C)c13)c1ccccc1n2C. The zero-order valence-electron chi connectivity index (χ0n) is 21.8. The lowest BCUT2D eigenvalue weighted by atomic mass is 9.95. The van der Waals surface area contributed by atoms with Gasteiger partial charge >= 0.3 is 0 Å². The van der Waals surface area contributed by atoms with E-state index in [1.165, 1.54) is 38.1 Å². The number of ether oxygens (including phenoxy) is 2. The number of benzene rings is 4. The van der Waals surface area contributed by atoms with Crippen molar-refractivity contribution in [3.8, 4) is 22.6 Å². The van der Waals surface area contributed by atoms with Gasteiger partial charge in [-0.2, -0.15) is 0 Å². The Labute approximate surface area is 211 Å². The van der Waals surface area contributed by atoms with Crippen LogP contribution in [-0.2, 0) is 14.1 Å². The molecule has 6 aromatic rings. The molecule has 4 heteroatoms. The third kappa shape index (κ3) is 3.28. The molecule has 0 unspecified atom stereocenters. The molecule has 0 amide bonds. The highest BCUT2D eigenvalue weighted by molar-refractivity contribution is 6.21. The molecule has 6 rings (SSSR count). The fourth-order valence-electron chi connectivity index (χ4n) is 5.68. The fraction of sp³-hybridized carbons (Fsp3) is 0.250. The summed E-state index contributed by atoms with van der Waals surface area (Å²) in [5, 5.41) is 4.86. The Balaban J connectivity index is 1.87. The Morgan fingerprint density at radius 2 is 1.08 bits per heavy atom. The zero-order chi connectivity index (χ0) is 25.1. The predicted molar refractivity (Wildman–Crippen MR) is 151 cm³/mol. The summed E-state index contributed by atoms with van der Waals surface area (Å²) < 4.78 is 17.6. The molecule has 0 fully saturated rings. The van der Waals surface area contributed by atoms with Crippen LogP contribution in [0, 0.1) is 0 Å². The first-order valence-corrected chi connectivity index (χ1v) is 12.7. The fourth-order valence-corrected chi connectivity index (χ4v) is 5.68. The van der Waals surface area contributed by atoms with E-state index in [4.69, 9.17) is 9.47 Å². The van der Waals surface area contributed by atoms with Gasteiger partial charge in [-0.15, -0.1) is 0 Å². The van der Waals surface area contributed by atoms with Gasteiger partial charge < -0.3 is 18.6 Å². The topological polar surface area (TPSA) is 28.3 Å². The maximum Gasteiger partial charge on any atom is 0.129 e. The zero-order valence-corrected chi connectivity index (χ0v) is 21.8. The average Bonchev–Trinajstić information content (AvgIpc) is 3.31. The molecule has 0 saturated heterocycles. The van der Waals surface area contributed by atoms with E-state index in [1.54, 1.807) is 0 Å². The normalized spacial score (nSPS) is 12.1. The van der Waals surface area contributed by atoms with Crippen molar-refractivity contribution in [3.63, 3.8) is 0 Å². The number of hydrogen-bond acceptors (Lipinski definition) is 2. The van der Waals surface area contributed by atoms with Crippen molar-refractivity contribution in [2.45, 2.75) is 39.9 Å². The van der Waals surface area contributed by atoms with Crippen LogP contribution in [0.5, 0.6) is 11.5 Å². The summed E-state index contributed by atoms with van der Waals surface area (Å²) in [6, 6.07) is 25.9. The van der Waals surface area contributed by atoms with Crippen LogP contribution in [0.25, 0.3) is 54.7 Å². The summed E-state index contributed by atoms with van der Waals surface area (Å²) in [5.74, 6) is 1.75. The molecule has 0 atom stereocenters. The van der Waals surface area contributed by atoms with Gasteiger partial charge in [0, 0.05) is 57.8 Å². The van der Waals surface area contributed by atoms with Gasteiger partial charge in [-0.3, -0.25) is 0 Å². The molecule has 4 nitrogen and oxygen atoms in total. The summed E-state index contributed by atoms with van der Waals surface area (Å²) in [4.78, 5) is 0. The molecule has 0 saturated carbocycles. The van der Waals surface area contributed by atoms with Gasteiger partial charge in [0.1, 0.15) is 11.5 Å². The Morgan fingerprint density at radius 3 is 1.75 bits per heavy atom. The second-order valence-electron chi connectivity index (χ2n) is 10.2. The van der Waals surface area contributed by atoms with Crippen molar-refractivity contribution in [2.24, 2.45) is 14.1 Å². The number of nitrogens with zero attached hydrogens (tertiary/aromatic N) is 2. The summed E-state index contributed by atoms with van der Waals surface area (Å²) >= 11 is 0. The summed E-state index contributed by atoms with van der Waals surface area (Å²) in [6.45, 7) is 8.33. The van der Waals surface area contributed by atoms with E-state index in [0.29, 0.717) is 0 Å². The number of rotatable bonds is 5. The van der Waals surface area contributed by atoms with Crippen LogP contribution < -0.4 is 9.47 Å². The smallest absolute Gasteiger partial charge is 0.129 e. The quantitative estimate of drug-likeness (QED) is 0.251. The van der Waals surface area contributed by atoms with Gasteiger partial charge in [0.2, 0.25) is 0 Å². The van der Waals surface area contributed by atoms with Gasteiger partial charge in [0.15, 0.2) is 0 Å². The van der Waals surface area contributed by atoms with Crippen molar-refractivity contribution >= 4 is 43.6 Å². The third-order valence-corrected chi connectivity index (χ3v) is 7.05. The monoisotopic (exact) mass is 476 g/mol. The van der Waals surface area contributed by atoms with E-state index in [9.17, 15) is 0 Å². The lowest BCUT2D eigenvalue weighted by molar-refractivity contribution is 0.240. The average molecular weight is 477 g/mol. The minimum atomic E-state index is 0.0390. The standard InChI is InChI=1S/C32H32N2O2/c1-19(2)35-27-18-16-26-29(23-12-8-10-14-25(23)33(26)5)30(27)31-28(36-20(3)4)17-15-22-21-11-7-9-13-24(21)34(6)32(22)31/h7-20H,1-6H3. The molecule has 2 aromatic heterocycles. The van der Waals surface area contributed by atoms with E-state index in [1.807, 2.05) is 0 Å². The van der Waals surface area contributed by atoms with Crippen LogP contribution >= 0.6 is 0 Å². The van der Waals surface area contributed by atoms with Gasteiger partial charge in [-0.25, -0.2) is 0 Å². The molecule has 0 bridgehead atoms. The summed E-state index contributed by atoms with van der Waals surface area (Å²) in [6.07, 6.45) is 0.0782. The summed E-state index contributed by atoms with van der Waals surface area (Å²) in [5.41, 5.74) is 6.90. The molecule has 0 N–H and O–H groups in total. The highest BCUT2D eigenvalue weighted by Crippen LogP contribution is 2.49. The maximum absolute atomic E-state index is 6.51. The highest BCUT2D eigenvalue weighted by Gasteiger charge is 2.25. The van der Waals surface area contributed by atoms with Crippen molar-refractivity contribution < 1.29 is 9.47 Å². The summed E-state index contributed by atoms with van der Waals surface area (Å²) in [7, 11) is 4.29. The minimum Gasteiger partial charge on any atom is -0.490 e. The van der Waals surface area contributed by atoms with Gasteiger partial charge in [-0.05, 0) is 64.1 Å². The van der Waals surface area contributed by atoms with Crippen LogP contribution in [-0.4, -0.2) is 21.3 Å². The Bertz CT molecular complexity index is 1770. The van der Waals surface area contributed by atoms with Gasteiger partial charge in [0.25, 0.3) is 0 Å². The van der Waals surface area contributed by atoms with Crippen LogP contribution in [0.2, 0.25) is 0 Å². The molecular formula is C32H32N2O2. The third-order valence-electron chi connectivity index (χ3n) is 7.05. The molecule has 36 heavy (non-hydrogen) atoms. The van der Waals surface area contributed by atoms with Crippen LogP contribution in [0.15, 0.2) is 72.8 Å². The first kappa shape index (κ1) is 22.5. The molecule has 0 aliphatic carbocycles. The van der Waals surface area contributed by atoms with E-state index < -0.39 is 0 Å². The number of hydrogen-bond donors (Lipinski definition) is 0. The van der Waals surface area contributed by atoms with Crippen LogP contribution in [0.1, 0.15) is 27.7 Å².